The Bertz CT molecular complexity index is 1090. The SMILES string of the molecule is CCN(C(=O)OCC1c2ccccc2-c2ccccc21)C(C(=O)O)c1cnn(C(C)C)c1. The van der Waals surface area contributed by atoms with E-state index >= 15 is 0 Å². The zero-order valence-corrected chi connectivity index (χ0v) is 18.4. The Morgan fingerprint density at radius 3 is 2.19 bits per heavy atom. The zero-order chi connectivity index (χ0) is 22.8. The molecule has 0 aliphatic heterocycles. The molecule has 1 heterocycles. The predicted molar refractivity (Wildman–Crippen MR) is 120 cm³/mol. The molecule has 0 fully saturated rings. The third-order valence-corrected chi connectivity index (χ3v) is 5.92. The third kappa shape index (κ3) is 3.86. The van der Waals surface area contributed by atoms with Gasteiger partial charge in [0.05, 0.1) is 6.20 Å². The van der Waals surface area contributed by atoms with E-state index in [0.717, 1.165) is 22.3 Å². The van der Waals surface area contributed by atoms with Gasteiger partial charge in [-0.1, -0.05) is 48.5 Å². The standard InChI is InChI=1S/C25H27N3O4/c1-4-27(23(24(29)30)17-13-26-28(14-17)16(2)3)25(31)32-15-22-20-11-7-5-9-18(20)19-10-6-8-12-21(19)22/h5-14,16,22-23H,4,15H2,1-3H3,(H,29,30). The number of fused-ring (bicyclic) bond motifs is 3. The maximum absolute atomic E-state index is 13.0. The number of likely N-dealkylation sites (N-methyl/N-ethyl adjacent to an activating group) is 1. The lowest BCUT2D eigenvalue weighted by molar-refractivity contribution is -0.143. The number of aliphatic carboxylic acids is 1. The molecule has 0 bridgehead atoms. The van der Waals surface area contributed by atoms with E-state index in [0.29, 0.717) is 5.56 Å². The van der Waals surface area contributed by atoms with Crippen LogP contribution in [-0.4, -0.2) is 45.0 Å². The third-order valence-electron chi connectivity index (χ3n) is 5.92. The number of carboxylic acid groups (broad SMARTS) is 1. The van der Waals surface area contributed by atoms with Crippen molar-refractivity contribution in [1.82, 2.24) is 14.7 Å². The molecule has 0 spiro atoms. The molecule has 1 aromatic heterocycles. The second-order valence-corrected chi connectivity index (χ2v) is 8.18. The minimum atomic E-state index is -1.16. The van der Waals surface area contributed by atoms with Crippen LogP contribution in [0.1, 0.15) is 55.5 Å². The average molecular weight is 434 g/mol. The molecule has 1 aliphatic carbocycles. The Hall–Kier alpha value is -3.61. The minimum Gasteiger partial charge on any atom is -0.479 e. The van der Waals surface area contributed by atoms with Gasteiger partial charge in [0.1, 0.15) is 6.61 Å². The van der Waals surface area contributed by atoms with Crippen LogP contribution < -0.4 is 0 Å². The van der Waals surface area contributed by atoms with Crippen LogP contribution in [0.25, 0.3) is 11.1 Å². The number of carboxylic acids is 1. The molecule has 1 atom stereocenters. The highest BCUT2D eigenvalue weighted by atomic mass is 16.6. The number of benzene rings is 2. The quantitative estimate of drug-likeness (QED) is 0.575. The monoisotopic (exact) mass is 433 g/mol. The summed E-state index contributed by atoms with van der Waals surface area (Å²) >= 11 is 0. The van der Waals surface area contributed by atoms with Crippen molar-refractivity contribution in [2.24, 2.45) is 0 Å². The van der Waals surface area contributed by atoms with E-state index < -0.39 is 18.1 Å². The minimum absolute atomic E-state index is 0.0859. The smallest absolute Gasteiger partial charge is 0.410 e. The van der Waals surface area contributed by atoms with Crippen LogP contribution in [0, 0.1) is 0 Å². The van der Waals surface area contributed by atoms with Gasteiger partial charge in [0, 0.05) is 30.3 Å². The molecule has 7 nitrogen and oxygen atoms in total. The van der Waals surface area contributed by atoms with Crippen molar-refractivity contribution in [2.75, 3.05) is 13.2 Å². The van der Waals surface area contributed by atoms with Crippen LogP contribution in [0.2, 0.25) is 0 Å². The van der Waals surface area contributed by atoms with Crippen LogP contribution in [0.4, 0.5) is 4.79 Å². The Morgan fingerprint density at radius 2 is 1.69 bits per heavy atom. The van der Waals surface area contributed by atoms with Gasteiger partial charge in [-0.2, -0.15) is 5.10 Å². The Kier molecular flexibility index (Phi) is 5.99. The fraction of sp³-hybridized carbons (Fsp3) is 0.320. The lowest BCUT2D eigenvalue weighted by atomic mass is 9.98. The highest BCUT2D eigenvalue weighted by Crippen LogP contribution is 2.44. The molecule has 1 aliphatic rings. The van der Waals surface area contributed by atoms with Gasteiger partial charge in [-0.05, 0) is 43.0 Å². The summed E-state index contributed by atoms with van der Waals surface area (Å²) in [6, 6.07) is 15.1. The van der Waals surface area contributed by atoms with E-state index in [4.69, 9.17) is 4.74 Å². The van der Waals surface area contributed by atoms with E-state index in [9.17, 15) is 14.7 Å². The number of hydrogen-bond acceptors (Lipinski definition) is 4. The molecule has 1 amide bonds. The van der Waals surface area contributed by atoms with Crippen molar-refractivity contribution >= 4 is 12.1 Å². The molecule has 4 rings (SSSR count). The number of nitrogens with zero attached hydrogens (tertiary/aromatic N) is 3. The van der Waals surface area contributed by atoms with Gasteiger partial charge in [-0.15, -0.1) is 0 Å². The Labute approximate surface area is 187 Å². The molecule has 166 valence electrons. The molecule has 1 N–H and O–H groups in total. The van der Waals surface area contributed by atoms with Gasteiger partial charge in [0.2, 0.25) is 0 Å². The van der Waals surface area contributed by atoms with Crippen molar-refractivity contribution in [2.45, 2.75) is 38.8 Å². The summed E-state index contributed by atoms with van der Waals surface area (Å²) in [6.45, 7) is 5.98. The summed E-state index contributed by atoms with van der Waals surface area (Å²) in [5.74, 6) is -1.21. The van der Waals surface area contributed by atoms with Crippen molar-refractivity contribution in [3.8, 4) is 11.1 Å². The Morgan fingerprint density at radius 1 is 1.09 bits per heavy atom. The van der Waals surface area contributed by atoms with E-state index in [1.54, 1.807) is 17.8 Å². The first-order chi connectivity index (χ1) is 15.4. The second kappa shape index (κ2) is 8.86. The molecule has 0 saturated heterocycles. The van der Waals surface area contributed by atoms with E-state index in [2.05, 4.69) is 17.2 Å². The number of carbonyl (C=O) groups is 2. The van der Waals surface area contributed by atoms with Crippen LogP contribution in [0.5, 0.6) is 0 Å². The normalized spacial score (nSPS) is 13.5. The average Bonchev–Trinajstić information content (AvgIpc) is 3.39. The van der Waals surface area contributed by atoms with Crippen molar-refractivity contribution in [3.05, 3.63) is 77.6 Å². The largest absolute Gasteiger partial charge is 0.479 e. The summed E-state index contributed by atoms with van der Waals surface area (Å²) in [5.41, 5.74) is 4.94. The van der Waals surface area contributed by atoms with Crippen LogP contribution in [0.3, 0.4) is 0 Å². The number of rotatable bonds is 7. The maximum atomic E-state index is 13.0. The zero-order valence-electron chi connectivity index (χ0n) is 18.4. The van der Waals surface area contributed by atoms with Crippen LogP contribution in [0.15, 0.2) is 60.9 Å². The fourth-order valence-electron chi connectivity index (χ4n) is 4.33. The lowest BCUT2D eigenvalue weighted by Gasteiger charge is -2.27. The van der Waals surface area contributed by atoms with Crippen molar-refractivity contribution in [1.29, 1.82) is 0 Å². The van der Waals surface area contributed by atoms with Gasteiger partial charge < -0.3 is 9.84 Å². The predicted octanol–water partition coefficient (Wildman–Crippen LogP) is 4.86. The van der Waals surface area contributed by atoms with Gasteiger partial charge in [0.15, 0.2) is 6.04 Å². The first-order valence-corrected chi connectivity index (χ1v) is 10.8. The summed E-state index contributed by atoms with van der Waals surface area (Å²) in [7, 11) is 0. The van der Waals surface area contributed by atoms with Gasteiger partial charge in [0.25, 0.3) is 0 Å². The summed E-state index contributed by atoms with van der Waals surface area (Å²) < 4.78 is 7.37. The molecule has 1 unspecified atom stereocenters. The van der Waals surface area contributed by atoms with Crippen LogP contribution in [-0.2, 0) is 9.53 Å². The number of aromatic nitrogens is 2. The van der Waals surface area contributed by atoms with E-state index in [-0.39, 0.29) is 25.1 Å². The first kappa shape index (κ1) is 21.6. The van der Waals surface area contributed by atoms with Crippen molar-refractivity contribution in [3.63, 3.8) is 0 Å². The van der Waals surface area contributed by atoms with Gasteiger partial charge in [-0.25, -0.2) is 9.59 Å². The van der Waals surface area contributed by atoms with Gasteiger partial charge >= 0.3 is 12.1 Å². The van der Waals surface area contributed by atoms with E-state index in [1.165, 1.54) is 11.1 Å². The highest BCUT2D eigenvalue weighted by Gasteiger charge is 2.34. The lowest BCUT2D eigenvalue weighted by Crippen LogP contribution is -2.39. The number of carbonyl (C=O) groups excluding carboxylic acids is 1. The second-order valence-electron chi connectivity index (χ2n) is 8.18. The van der Waals surface area contributed by atoms with Crippen LogP contribution >= 0.6 is 0 Å². The maximum Gasteiger partial charge on any atom is 0.410 e. The molecule has 2 aromatic carbocycles. The highest BCUT2D eigenvalue weighted by molar-refractivity contribution is 5.82. The topological polar surface area (TPSA) is 84.7 Å². The number of ether oxygens (including phenoxy) is 1. The van der Waals surface area contributed by atoms with Crippen molar-refractivity contribution < 1.29 is 19.4 Å². The molecule has 7 heteroatoms. The molecule has 3 aromatic rings. The number of hydrogen-bond donors (Lipinski definition) is 1. The fourth-order valence-corrected chi connectivity index (χ4v) is 4.33. The Balaban J connectivity index is 1.55. The molecule has 0 radical (unpaired) electrons. The van der Waals surface area contributed by atoms with Gasteiger partial charge in [-0.3, -0.25) is 9.58 Å². The summed E-state index contributed by atoms with van der Waals surface area (Å²) in [5, 5.41) is 14.1. The number of amides is 1. The van der Waals surface area contributed by atoms with E-state index in [1.807, 2.05) is 50.2 Å². The summed E-state index contributed by atoms with van der Waals surface area (Å²) in [4.78, 5) is 26.3. The molecule has 0 saturated carbocycles. The summed E-state index contributed by atoms with van der Waals surface area (Å²) in [6.07, 6.45) is 2.51. The molecular weight excluding hydrogens is 406 g/mol. The first-order valence-electron chi connectivity index (χ1n) is 10.8. The molecular formula is C25H27N3O4. The molecule has 32 heavy (non-hydrogen) atoms.